The molecule has 1 rings (SSSR count). The van der Waals surface area contributed by atoms with Gasteiger partial charge in [0.1, 0.15) is 5.69 Å². The third kappa shape index (κ3) is 1.09. The summed E-state index contributed by atoms with van der Waals surface area (Å²) in [5.74, 6) is 0.920. The number of rotatable bonds is 1. The summed E-state index contributed by atoms with van der Waals surface area (Å²) in [5, 5.41) is 7.56. The number of hydrogen-bond acceptors (Lipinski definition) is 4. The van der Waals surface area contributed by atoms with Crippen LogP contribution >= 0.6 is 12.8 Å². The highest BCUT2D eigenvalue weighted by molar-refractivity contribution is 7.78. The fourth-order valence-corrected chi connectivity index (χ4v) is 1.21. The first-order valence-electron chi connectivity index (χ1n) is 2.92. The molecule has 0 bridgehead atoms. The maximum atomic E-state index is 4.06. The Bertz CT molecular complexity index is 210. The highest BCUT2D eigenvalue weighted by Crippen LogP contribution is 2.14. The van der Waals surface area contributed by atoms with Crippen molar-refractivity contribution in [2.24, 2.45) is 0 Å². The van der Waals surface area contributed by atoms with E-state index in [1.165, 1.54) is 4.09 Å². The molecule has 0 fully saturated rings. The van der Waals surface area contributed by atoms with E-state index in [0.717, 1.165) is 11.5 Å². The van der Waals surface area contributed by atoms with Crippen LogP contribution in [-0.2, 0) is 0 Å². The van der Waals surface area contributed by atoms with Gasteiger partial charge in [-0.2, -0.15) is 4.09 Å². The van der Waals surface area contributed by atoms with Crippen molar-refractivity contribution in [2.45, 2.75) is 6.92 Å². The molecule has 1 heterocycles. The molecule has 0 radical (unpaired) electrons. The highest BCUT2D eigenvalue weighted by atomic mass is 32.1. The first kappa shape index (κ1) is 7.40. The zero-order chi connectivity index (χ0) is 7.72. The molecule has 56 valence electrons. The Kier molecular flexibility index (Phi) is 1.85. The van der Waals surface area contributed by atoms with Crippen LogP contribution in [0.4, 0.5) is 5.82 Å². The van der Waals surface area contributed by atoms with Crippen LogP contribution in [0.5, 0.6) is 0 Å². The lowest BCUT2D eigenvalue weighted by molar-refractivity contribution is 0.879. The number of nitrogens with zero attached hydrogens (tertiary/aromatic N) is 4. The smallest absolute Gasteiger partial charge is 0.161 e. The zero-order valence-electron chi connectivity index (χ0n) is 6.24. The van der Waals surface area contributed by atoms with Crippen molar-refractivity contribution in [2.75, 3.05) is 19.0 Å². The highest BCUT2D eigenvalue weighted by Gasteiger charge is 2.07. The topological polar surface area (TPSA) is 34.0 Å². The number of anilines is 1. The molecule has 0 aliphatic carbocycles. The van der Waals surface area contributed by atoms with Crippen molar-refractivity contribution in [3.8, 4) is 0 Å². The van der Waals surface area contributed by atoms with E-state index in [1.54, 1.807) is 0 Å². The molecule has 0 atom stereocenters. The molecule has 4 nitrogen and oxygen atoms in total. The second-order valence-electron chi connectivity index (χ2n) is 2.28. The quantitative estimate of drug-likeness (QED) is 0.599. The lowest BCUT2D eigenvalue weighted by atomic mass is 10.5. The van der Waals surface area contributed by atoms with E-state index in [9.17, 15) is 0 Å². The monoisotopic (exact) mass is 158 g/mol. The number of aromatic nitrogens is 3. The van der Waals surface area contributed by atoms with Crippen molar-refractivity contribution >= 4 is 18.6 Å². The second kappa shape index (κ2) is 2.49. The first-order valence-corrected chi connectivity index (χ1v) is 3.32. The molecule has 0 saturated carbocycles. The predicted molar refractivity (Wildman–Crippen MR) is 43.5 cm³/mol. The second-order valence-corrected chi connectivity index (χ2v) is 2.66. The zero-order valence-corrected chi connectivity index (χ0v) is 7.13. The van der Waals surface area contributed by atoms with Crippen molar-refractivity contribution in [3.63, 3.8) is 0 Å². The fraction of sp³-hybridized carbons (Fsp3) is 0.600. The summed E-state index contributed by atoms with van der Waals surface area (Å²) in [6, 6.07) is 0. The average Bonchev–Trinajstić information content (AvgIpc) is 2.11. The van der Waals surface area contributed by atoms with Gasteiger partial charge in [0.15, 0.2) is 5.82 Å². The maximum absolute atomic E-state index is 4.06. The Morgan fingerprint density at radius 2 is 2.10 bits per heavy atom. The summed E-state index contributed by atoms with van der Waals surface area (Å²) >= 11 is 4.06. The molecule has 0 aliphatic heterocycles. The minimum atomic E-state index is 0.889. The SMILES string of the molecule is Cc1nnn(S)c1N(C)C. The van der Waals surface area contributed by atoms with Crippen molar-refractivity contribution in [1.82, 2.24) is 14.4 Å². The summed E-state index contributed by atoms with van der Waals surface area (Å²) < 4.78 is 1.45. The van der Waals surface area contributed by atoms with Gasteiger partial charge in [0, 0.05) is 14.1 Å². The van der Waals surface area contributed by atoms with Crippen LogP contribution in [0.25, 0.3) is 0 Å². The fourth-order valence-electron chi connectivity index (χ4n) is 0.844. The van der Waals surface area contributed by atoms with Gasteiger partial charge in [-0.25, -0.2) is 0 Å². The first-order chi connectivity index (χ1) is 4.63. The average molecular weight is 158 g/mol. The van der Waals surface area contributed by atoms with Crippen LogP contribution in [0.3, 0.4) is 0 Å². The summed E-state index contributed by atoms with van der Waals surface area (Å²) in [4.78, 5) is 1.92. The number of thiol groups is 1. The minimum absolute atomic E-state index is 0.889. The number of hydrogen-bond donors (Lipinski definition) is 1. The molecule has 0 unspecified atom stereocenters. The molecule has 0 saturated heterocycles. The van der Waals surface area contributed by atoms with Crippen LogP contribution in [0.15, 0.2) is 0 Å². The van der Waals surface area contributed by atoms with Gasteiger partial charge in [-0.15, -0.1) is 5.10 Å². The molecule has 0 amide bonds. The molecule has 0 spiro atoms. The van der Waals surface area contributed by atoms with Gasteiger partial charge in [-0.1, -0.05) is 5.21 Å². The Balaban J connectivity index is 3.10. The van der Waals surface area contributed by atoms with E-state index < -0.39 is 0 Å². The van der Waals surface area contributed by atoms with Crippen LogP contribution in [-0.4, -0.2) is 28.5 Å². The summed E-state index contributed by atoms with van der Waals surface area (Å²) in [6.45, 7) is 1.90. The van der Waals surface area contributed by atoms with Gasteiger partial charge in [0.2, 0.25) is 0 Å². The van der Waals surface area contributed by atoms with Crippen LogP contribution < -0.4 is 4.90 Å². The Morgan fingerprint density at radius 1 is 1.50 bits per heavy atom. The lowest BCUT2D eigenvalue weighted by Gasteiger charge is -2.10. The normalized spacial score (nSPS) is 10.0. The van der Waals surface area contributed by atoms with E-state index in [2.05, 4.69) is 23.1 Å². The standard InChI is InChI=1S/C5H10N4S/c1-4-5(8(2)3)9(10)7-6-4/h10H,1-3H3. The molecular weight excluding hydrogens is 148 g/mol. The van der Waals surface area contributed by atoms with Crippen molar-refractivity contribution in [3.05, 3.63) is 5.69 Å². The van der Waals surface area contributed by atoms with Crippen LogP contribution in [0.2, 0.25) is 0 Å². The van der Waals surface area contributed by atoms with E-state index in [0.29, 0.717) is 0 Å². The maximum Gasteiger partial charge on any atom is 0.161 e. The molecule has 1 aromatic heterocycles. The molecular formula is C5H10N4S. The van der Waals surface area contributed by atoms with Crippen LogP contribution in [0, 0.1) is 6.92 Å². The summed E-state index contributed by atoms with van der Waals surface area (Å²) in [6.07, 6.45) is 0. The van der Waals surface area contributed by atoms with E-state index in [4.69, 9.17) is 0 Å². The Hall–Kier alpha value is -0.710. The van der Waals surface area contributed by atoms with Gasteiger partial charge in [-0.05, 0) is 19.7 Å². The van der Waals surface area contributed by atoms with E-state index in [-0.39, 0.29) is 0 Å². The van der Waals surface area contributed by atoms with Gasteiger partial charge >= 0.3 is 0 Å². The Labute approximate surface area is 65.4 Å². The third-order valence-electron chi connectivity index (χ3n) is 1.22. The molecule has 0 N–H and O–H groups in total. The van der Waals surface area contributed by atoms with Crippen LogP contribution in [0.1, 0.15) is 5.69 Å². The molecule has 5 heteroatoms. The van der Waals surface area contributed by atoms with Gasteiger partial charge in [0.05, 0.1) is 0 Å². The van der Waals surface area contributed by atoms with E-state index in [1.807, 2.05) is 25.9 Å². The summed E-state index contributed by atoms with van der Waals surface area (Å²) in [5.41, 5.74) is 0.889. The largest absolute Gasteiger partial charge is 0.361 e. The lowest BCUT2D eigenvalue weighted by Crippen LogP contribution is -2.12. The number of aryl methyl sites for hydroxylation is 1. The summed E-state index contributed by atoms with van der Waals surface area (Å²) in [7, 11) is 3.86. The van der Waals surface area contributed by atoms with Crippen molar-refractivity contribution in [1.29, 1.82) is 0 Å². The van der Waals surface area contributed by atoms with Gasteiger partial charge in [-0.3, -0.25) is 0 Å². The van der Waals surface area contributed by atoms with Crippen molar-refractivity contribution < 1.29 is 0 Å². The third-order valence-corrected chi connectivity index (χ3v) is 1.49. The predicted octanol–water partition coefficient (Wildman–Crippen LogP) is 0.345. The van der Waals surface area contributed by atoms with Gasteiger partial charge < -0.3 is 4.90 Å². The molecule has 10 heavy (non-hydrogen) atoms. The minimum Gasteiger partial charge on any atom is -0.361 e. The van der Waals surface area contributed by atoms with E-state index >= 15 is 0 Å². The molecule has 0 aromatic carbocycles. The molecule has 0 aliphatic rings. The van der Waals surface area contributed by atoms with Gasteiger partial charge in [0.25, 0.3) is 0 Å². The Morgan fingerprint density at radius 3 is 2.30 bits per heavy atom. The molecule has 1 aromatic rings.